The van der Waals surface area contributed by atoms with Gasteiger partial charge in [-0.25, -0.2) is 0 Å². The minimum absolute atomic E-state index is 0.137. The molecule has 0 atom stereocenters. The second-order valence-corrected chi connectivity index (χ2v) is 5.10. The zero-order chi connectivity index (χ0) is 14.9. The van der Waals surface area contributed by atoms with Crippen molar-refractivity contribution in [2.24, 2.45) is 0 Å². The van der Waals surface area contributed by atoms with Gasteiger partial charge in [-0.2, -0.15) is 0 Å². The van der Waals surface area contributed by atoms with Crippen molar-refractivity contribution in [1.82, 2.24) is 4.98 Å². The summed E-state index contributed by atoms with van der Waals surface area (Å²) in [5, 5.41) is 0.568. The molecule has 0 amide bonds. The highest BCUT2D eigenvalue weighted by atomic mass is 16.3. The van der Waals surface area contributed by atoms with Gasteiger partial charge in [-0.05, 0) is 17.2 Å². The second-order valence-electron chi connectivity index (χ2n) is 5.10. The molecular formula is C19H13NO2. The Morgan fingerprint density at radius 3 is 2.09 bits per heavy atom. The van der Waals surface area contributed by atoms with Crippen LogP contribution in [-0.2, 0) is 0 Å². The molecule has 0 saturated carbocycles. The molecule has 0 bridgehead atoms. The minimum atomic E-state index is -0.137. The van der Waals surface area contributed by atoms with Crippen LogP contribution >= 0.6 is 0 Å². The van der Waals surface area contributed by atoms with Crippen molar-refractivity contribution in [3.63, 3.8) is 0 Å². The fourth-order valence-corrected chi connectivity index (χ4v) is 2.74. The molecule has 2 heterocycles. The highest BCUT2D eigenvalue weighted by molar-refractivity contribution is 5.98. The van der Waals surface area contributed by atoms with E-state index in [-0.39, 0.29) is 5.56 Å². The topological polar surface area (TPSA) is 46.0 Å². The summed E-state index contributed by atoms with van der Waals surface area (Å²) >= 11 is 0. The third-order valence-electron chi connectivity index (χ3n) is 3.75. The van der Waals surface area contributed by atoms with Crippen LogP contribution in [-0.4, -0.2) is 4.98 Å². The van der Waals surface area contributed by atoms with E-state index in [0.717, 1.165) is 22.4 Å². The number of aromatic amines is 1. The third-order valence-corrected chi connectivity index (χ3v) is 3.75. The quantitative estimate of drug-likeness (QED) is 0.592. The van der Waals surface area contributed by atoms with Crippen molar-refractivity contribution >= 4 is 11.0 Å². The van der Waals surface area contributed by atoms with Gasteiger partial charge in [0, 0.05) is 5.56 Å². The van der Waals surface area contributed by atoms with E-state index in [2.05, 4.69) is 4.98 Å². The maximum atomic E-state index is 12.3. The molecule has 0 radical (unpaired) electrons. The Balaban J connectivity index is 2.14. The second kappa shape index (κ2) is 5.04. The number of pyridine rings is 1. The summed E-state index contributed by atoms with van der Waals surface area (Å²) in [6, 6.07) is 21.5. The normalized spacial score (nSPS) is 10.9. The number of rotatable bonds is 2. The van der Waals surface area contributed by atoms with Gasteiger partial charge >= 0.3 is 0 Å². The first kappa shape index (κ1) is 12.7. The van der Waals surface area contributed by atoms with Crippen LogP contribution in [0.1, 0.15) is 0 Å². The van der Waals surface area contributed by atoms with Crippen molar-refractivity contribution in [1.29, 1.82) is 0 Å². The Hall–Kier alpha value is -3.07. The van der Waals surface area contributed by atoms with Gasteiger partial charge in [0.05, 0.1) is 17.3 Å². The maximum Gasteiger partial charge on any atom is 0.259 e. The number of aromatic nitrogens is 1. The fourth-order valence-electron chi connectivity index (χ4n) is 2.74. The third kappa shape index (κ3) is 1.95. The zero-order valence-electron chi connectivity index (χ0n) is 11.7. The van der Waals surface area contributed by atoms with Gasteiger partial charge in [-0.15, -0.1) is 0 Å². The first-order valence-corrected chi connectivity index (χ1v) is 7.09. The summed E-state index contributed by atoms with van der Waals surface area (Å²) in [6.45, 7) is 0. The molecule has 22 heavy (non-hydrogen) atoms. The summed E-state index contributed by atoms with van der Waals surface area (Å²) in [6.07, 6.45) is 1.56. The van der Waals surface area contributed by atoms with Crippen LogP contribution in [0.4, 0.5) is 0 Å². The Bertz CT molecular complexity index is 982. The molecule has 2 aromatic heterocycles. The largest absolute Gasteiger partial charge is 0.463 e. The molecule has 106 valence electrons. The molecule has 4 rings (SSSR count). The number of hydrogen-bond acceptors (Lipinski definition) is 2. The molecule has 0 aliphatic carbocycles. The predicted molar refractivity (Wildman–Crippen MR) is 87.7 cm³/mol. The average Bonchev–Trinajstić information content (AvgIpc) is 3.06. The number of fused-ring (bicyclic) bond motifs is 1. The van der Waals surface area contributed by atoms with Gasteiger partial charge in [0.2, 0.25) is 0 Å². The summed E-state index contributed by atoms with van der Waals surface area (Å²) in [7, 11) is 0. The summed E-state index contributed by atoms with van der Waals surface area (Å²) < 4.78 is 5.63. The molecule has 0 saturated heterocycles. The fraction of sp³-hybridized carbons (Fsp3) is 0. The molecule has 3 heteroatoms. The molecule has 3 nitrogen and oxygen atoms in total. The van der Waals surface area contributed by atoms with E-state index in [1.807, 2.05) is 60.7 Å². The number of furan rings is 1. The molecule has 0 aliphatic heterocycles. The molecule has 0 spiro atoms. The van der Waals surface area contributed by atoms with Gasteiger partial charge in [-0.3, -0.25) is 4.79 Å². The van der Waals surface area contributed by atoms with Gasteiger partial charge in [0.1, 0.15) is 5.58 Å². The predicted octanol–water partition coefficient (Wildman–Crippen LogP) is 4.46. The summed E-state index contributed by atoms with van der Waals surface area (Å²) in [4.78, 5) is 15.3. The van der Waals surface area contributed by atoms with E-state index in [9.17, 15) is 4.79 Å². The van der Waals surface area contributed by atoms with E-state index < -0.39 is 0 Å². The smallest absolute Gasteiger partial charge is 0.259 e. The van der Waals surface area contributed by atoms with Crippen LogP contribution < -0.4 is 5.56 Å². The van der Waals surface area contributed by atoms with Gasteiger partial charge in [0.15, 0.2) is 0 Å². The molecule has 0 unspecified atom stereocenters. The number of H-pyrrole nitrogens is 1. The molecule has 0 fully saturated rings. The zero-order valence-corrected chi connectivity index (χ0v) is 11.7. The molecule has 4 aromatic rings. The summed E-state index contributed by atoms with van der Waals surface area (Å²) in [5.41, 5.74) is 4.14. The molecule has 0 aliphatic rings. The van der Waals surface area contributed by atoms with Crippen LogP contribution in [0.15, 0.2) is 82.2 Å². The van der Waals surface area contributed by atoms with Gasteiger partial charge in [-0.1, -0.05) is 60.7 Å². The standard InChI is InChI=1S/C19H13NO2/c21-19-15-11-12-22-18(15)16(13-7-3-1-4-8-13)17(20-19)14-9-5-2-6-10-14/h1-12H,(H,20,21). The van der Waals surface area contributed by atoms with E-state index in [0.29, 0.717) is 11.0 Å². The highest BCUT2D eigenvalue weighted by Crippen LogP contribution is 2.35. The van der Waals surface area contributed by atoms with Crippen LogP contribution in [0.5, 0.6) is 0 Å². The average molecular weight is 287 g/mol. The first-order valence-electron chi connectivity index (χ1n) is 7.09. The molecular weight excluding hydrogens is 274 g/mol. The van der Waals surface area contributed by atoms with Crippen LogP contribution in [0.25, 0.3) is 33.4 Å². The number of hydrogen-bond donors (Lipinski definition) is 1. The number of benzene rings is 2. The minimum Gasteiger partial charge on any atom is -0.463 e. The Morgan fingerprint density at radius 1 is 0.773 bits per heavy atom. The monoisotopic (exact) mass is 287 g/mol. The SMILES string of the molecule is O=c1[nH]c(-c2ccccc2)c(-c2ccccc2)c2occc12. The molecule has 2 aromatic carbocycles. The van der Waals surface area contributed by atoms with Crippen LogP contribution in [0, 0.1) is 0 Å². The number of nitrogens with one attached hydrogen (secondary N) is 1. The Labute approximate surface area is 126 Å². The summed E-state index contributed by atoms with van der Waals surface area (Å²) in [5.74, 6) is 0. The van der Waals surface area contributed by atoms with E-state index in [4.69, 9.17) is 4.42 Å². The van der Waals surface area contributed by atoms with Crippen molar-refractivity contribution < 1.29 is 4.42 Å². The lowest BCUT2D eigenvalue weighted by Crippen LogP contribution is -2.08. The van der Waals surface area contributed by atoms with Crippen molar-refractivity contribution in [3.05, 3.63) is 83.3 Å². The van der Waals surface area contributed by atoms with Crippen LogP contribution in [0.3, 0.4) is 0 Å². The van der Waals surface area contributed by atoms with Crippen molar-refractivity contribution in [2.75, 3.05) is 0 Å². The molecule has 1 N–H and O–H groups in total. The lowest BCUT2D eigenvalue weighted by molar-refractivity contribution is 0.616. The lowest BCUT2D eigenvalue weighted by Gasteiger charge is -2.10. The lowest BCUT2D eigenvalue weighted by atomic mass is 9.98. The Morgan fingerprint density at radius 2 is 1.41 bits per heavy atom. The highest BCUT2D eigenvalue weighted by Gasteiger charge is 2.16. The van der Waals surface area contributed by atoms with E-state index in [1.54, 1.807) is 12.3 Å². The first-order chi connectivity index (χ1) is 10.8. The van der Waals surface area contributed by atoms with Crippen molar-refractivity contribution in [3.8, 4) is 22.4 Å². The van der Waals surface area contributed by atoms with E-state index >= 15 is 0 Å². The maximum absolute atomic E-state index is 12.3. The Kier molecular flexibility index (Phi) is 2.90. The van der Waals surface area contributed by atoms with Gasteiger partial charge < -0.3 is 9.40 Å². The van der Waals surface area contributed by atoms with Gasteiger partial charge in [0.25, 0.3) is 5.56 Å². The van der Waals surface area contributed by atoms with Crippen molar-refractivity contribution in [2.45, 2.75) is 0 Å². The van der Waals surface area contributed by atoms with Crippen LogP contribution in [0.2, 0.25) is 0 Å². The van der Waals surface area contributed by atoms with E-state index in [1.165, 1.54) is 0 Å².